The van der Waals surface area contributed by atoms with Crippen molar-refractivity contribution in [3.05, 3.63) is 107 Å². The van der Waals surface area contributed by atoms with E-state index in [-0.39, 0.29) is 22.6 Å². The first-order valence-electron chi connectivity index (χ1n) is 8.76. The van der Waals surface area contributed by atoms with Gasteiger partial charge in [-0.1, -0.05) is 48.5 Å². The second-order valence-corrected chi connectivity index (χ2v) is 6.35. The smallest absolute Gasteiger partial charge is 0.416 e. The van der Waals surface area contributed by atoms with Crippen LogP contribution in [-0.4, -0.2) is 5.78 Å². The molecule has 0 saturated carbocycles. The molecule has 144 valence electrons. The highest BCUT2D eigenvalue weighted by molar-refractivity contribution is 6.09. The van der Waals surface area contributed by atoms with Crippen molar-refractivity contribution >= 4 is 22.4 Å². The van der Waals surface area contributed by atoms with Gasteiger partial charge in [0.1, 0.15) is 5.58 Å². The van der Waals surface area contributed by atoms with Crippen LogP contribution < -0.4 is 5.55 Å². The first-order valence-corrected chi connectivity index (χ1v) is 8.76. The maximum Gasteiger partial charge on any atom is 0.416 e. The Labute approximate surface area is 163 Å². The molecule has 1 aromatic heterocycles. The van der Waals surface area contributed by atoms with Crippen molar-refractivity contribution in [3.8, 4) is 0 Å². The molecule has 0 unspecified atom stereocenters. The number of alkyl halides is 3. The van der Waals surface area contributed by atoms with E-state index in [0.717, 1.165) is 17.5 Å². The van der Waals surface area contributed by atoms with Crippen molar-refractivity contribution in [2.24, 2.45) is 4.99 Å². The minimum Gasteiger partial charge on any atom is -0.438 e. The van der Waals surface area contributed by atoms with Crippen molar-refractivity contribution < 1.29 is 22.4 Å². The van der Waals surface area contributed by atoms with Gasteiger partial charge in [0, 0.05) is 10.9 Å². The zero-order chi connectivity index (χ0) is 20.4. The Hall–Kier alpha value is -3.67. The van der Waals surface area contributed by atoms with Gasteiger partial charge in [-0.15, -0.1) is 0 Å². The topological polar surface area (TPSA) is 42.6 Å². The summed E-state index contributed by atoms with van der Waals surface area (Å²) >= 11 is 0. The number of rotatable bonds is 3. The quantitative estimate of drug-likeness (QED) is 0.406. The highest BCUT2D eigenvalue weighted by Gasteiger charge is 2.29. The Morgan fingerprint density at radius 3 is 2.17 bits per heavy atom. The zero-order valence-electron chi connectivity index (χ0n) is 15.0. The Morgan fingerprint density at radius 2 is 1.48 bits per heavy atom. The summed E-state index contributed by atoms with van der Waals surface area (Å²) < 4.78 is 44.2. The maximum atomic E-state index is 13.0. The molecule has 0 spiro atoms. The van der Waals surface area contributed by atoms with Crippen LogP contribution in [0.3, 0.4) is 0 Å². The van der Waals surface area contributed by atoms with E-state index < -0.39 is 11.7 Å². The fraction of sp³-hybridized carbons (Fsp3) is 0.0435. The number of benzene rings is 3. The molecule has 0 saturated heterocycles. The lowest BCUT2D eigenvalue weighted by Gasteiger charge is -2.06. The molecule has 0 atom stereocenters. The molecule has 0 amide bonds. The number of carbonyl (C=O) groups excluding carboxylic acids is 1. The molecule has 3 nitrogen and oxygen atoms in total. The molecule has 0 aliphatic rings. The van der Waals surface area contributed by atoms with Crippen molar-refractivity contribution in [2.75, 3.05) is 0 Å². The third kappa shape index (κ3) is 3.96. The minimum atomic E-state index is -4.43. The van der Waals surface area contributed by atoms with Crippen LogP contribution >= 0.6 is 0 Å². The van der Waals surface area contributed by atoms with E-state index in [0.29, 0.717) is 11.1 Å². The normalized spacial score (nSPS) is 12.3. The van der Waals surface area contributed by atoms with E-state index in [1.807, 2.05) is 12.1 Å². The van der Waals surface area contributed by atoms with Crippen LogP contribution in [0.15, 0.2) is 94.3 Å². The molecule has 0 aliphatic heterocycles. The Balaban J connectivity index is 1.88. The van der Waals surface area contributed by atoms with Gasteiger partial charge in [-0.3, -0.25) is 4.79 Å². The number of para-hydroxylation sites is 1. The maximum absolute atomic E-state index is 13.0. The van der Waals surface area contributed by atoms with Crippen LogP contribution in [0, 0.1) is 0 Å². The van der Waals surface area contributed by atoms with Crippen LogP contribution in [-0.2, 0) is 6.18 Å². The second kappa shape index (κ2) is 7.39. The highest BCUT2D eigenvalue weighted by Crippen LogP contribution is 2.30. The largest absolute Gasteiger partial charge is 0.438 e. The third-order valence-corrected chi connectivity index (χ3v) is 4.36. The van der Waals surface area contributed by atoms with Gasteiger partial charge in [0.2, 0.25) is 5.55 Å². The summed E-state index contributed by atoms with van der Waals surface area (Å²) in [7, 11) is 0. The van der Waals surface area contributed by atoms with Crippen LogP contribution in [0.2, 0.25) is 0 Å². The van der Waals surface area contributed by atoms with Crippen molar-refractivity contribution in [3.63, 3.8) is 0 Å². The molecular formula is C23H14F3NO2. The Bertz CT molecular complexity index is 1240. The van der Waals surface area contributed by atoms with E-state index in [1.165, 1.54) is 12.1 Å². The molecule has 0 N–H and O–H groups in total. The molecule has 3 aromatic carbocycles. The molecule has 1 heterocycles. The average Bonchev–Trinajstić information content (AvgIpc) is 2.73. The first-order chi connectivity index (χ1) is 13.9. The summed E-state index contributed by atoms with van der Waals surface area (Å²) in [4.78, 5) is 17.3. The number of nitrogens with zero attached hydrogens (tertiary/aromatic N) is 1. The van der Waals surface area contributed by atoms with E-state index in [2.05, 4.69) is 4.99 Å². The van der Waals surface area contributed by atoms with Gasteiger partial charge in [0.05, 0.1) is 16.8 Å². The molecule has 29 heavy (non-hydrogen) atoms. The number of halogens is 3. The van der Waals surface area contributed by atoms with E-state index in [9.17, 15) is 18.0 Å². The molecule has 0 bridgehead atoms. The number of hydrogen-bond donors (Lipinski definition) is 0. The highest BCUT2D eigenvalue weighted by atomic mass is 19.4. The van der Waals surface area contributed by atoms with Gasteiger partial charge in [0.15, 0.2) is 5.78 Å². The zero-order valence-corrected chi connectivity index (χ0v) is 15.0. The summed E-state index contributed by atoms with van der Waals surface area (Å²) in [5, 5.41) is 0.721. The minimum absolute atomic E-state index is 0.0392. The van der Waals surface area contributed by atoms with Gasteiger partial charge in [-0.05, 0) is 36.4 Å². The lowest BCUT2D eigenvalue weighted by atomic mass is 10.0. The molecule has 0 radical (unpaired) electrons. The van der Waals surface area contributed by atoms with Crippen molar-refractivity contribution in [1.82, 2.24) is 0 Å². The predicted molar refractivity (Wildman–Crippen MR) is 103 cm³/mol. The third-order valence-electron chi connectivity index (χ3n) is 4.36. The number of fused-ring (bicyclic) bond motifs is 1. The first kappa shape index (κ1) is 18.7. The summed E-state index contributed by atoms with van der Waals surface area (Å²) in [5.74, 6) is -0.286. The number of carbonyl (C=O) groups is 1. The van der Waals surface area contributed by atoms with Gasteiger partial charge in [-0.2, -0.15) is 13.2 Å². The summed E-state index contributed by atoms with van der Waals surface area (Å²) in [5.41, 5.74) is 0.725. The SMILES string of the molecule is O=C(c1ccccc1)c1cc2ccccc2oc1=Nc1ccc(C(F)(F)F)cc1. The van der Waals surface area contributed by atoms with Crippen LogP contribution in [0.1, 0.15) is 21.5 Å². The van der Waals surface area contributed by atoms with E-state index >= 15 is 0 Å². The monoisotopic (exact) mass is 393 g/mol. The molecule has 0 fully saturated rings. The summed E-state index contributed by atoms with van der Waals surface area (Å²) in [6.45, 7) is 0. The van der Waals surface area contributed by atoms with E-state index in [1.54, 1.807) is 48.5 Å². The average molecular weight is 393 g/mol. The van der Waals surface area contributed by atoms with Crippen molar-refractivity contribution in [1.29, 1.82) is 0 Å². The number of ketones is 1. The molecule has 0 aliphatic carbocycles. The molecule has 4 aromatic rings. The standard InChI is InChI=1S/C23H14F3NO2/c24-23(25,26)17-10-12-18(13-11-17)27-22-19(21(28)15-6-2-1-3-7-15)14-16-8-4-5-9-20(16)29-22/h1-14H. The fourth-order valence-electron chi connectivity index (χ4n) is 2.90. The van der Waals surface area contributed by atoms with Gasteiger partial charge in [-0.25, -0.2) is 4.99 Å². The van der Waals surface area contributed by atoms with Crippen LogP contribution in [0.4, 0.5) is 18.9 Å². The van der Waals surface area contributed by atoms with Crippen molar-refractivity contribution in [2.45, 2.75) is 6.18 Å². The summed E-state index contributed by atoms with van der Waals surface area (Å²) in [6, 6.07) is 21.8. The predicted octanol–water partition coefficient (Wildman–Crippen LogP) is 5.92. The van der Waals surface area contributed by atoms with Gasteiger partial charge in [0.25, 0.3) is 0 Å². The number of hydrogen-bond acceptors (Lipinski definition) is 3. The van der Waals surface area contributed by atoms with Gasteiger partial charge >= 0.3 is 6.18 Å². The Kier molecular flexibility index (Phi) is 4.76. The van der Waals surface area contributed by atoms with Crippen LogP contribution in [0.5, 0.6) is 0 Å². The Morgan fingerprint density at radius 1 is 0.828 bits per heavy atom. The second-order valence-electron chi connectivity index (χ2n) is 6.35. The molecule has 6 heteroatoms. The molecular weight excluding hydrogens is 379 g/mol. The van der Waals surface area contributed by atoms with Crippen LogP contribution in [0.25, 0.3) is 11.0 Å². The van der Waals surface area contributed by atoms with E-state index in [4.69, 9.17) is 4.42 Å². The fourth-order valence-corrected chi connectivity index (χ4v) is 2.90. The lowest BCUT2D eigenvalue weighted by Crippen LogP contribution is -2.16. The molecule has 4 rings (SSSR count). The van der Waals surface area contributed by atoms with Gasteiger partial charge < -0.3 is 4.42 Å². The lowest BCUT2D eigenvalue weighted by molar-refractivity contribution is -0.137. The summed E-state index contributed by atoms with van der Waals surface area (Å²) in [6.07, 6.45) is -4.43.